The van der Waals surface area contributed by atoms with Crippen molar-refractivity contribution in [3.05, 3.63) is 22.8 Å². The minimum Gasteiger partial charge on any atom is -0.481 e. The second kappa shape index (κ2) is 10.7. The third kappa shape index (κ3) is 4.81. The Labute approximate surface area is 242 Å². The number of ketones is 1. The van der Waals surface area contributed by atoms with Gasteiger partial charge in [-0.3, -0.25) is 9.59 Å². The second-order valence-corrected chi connectivity index (χ2v) is 15.3. The Bertz CT molecular complexity index is 1110. The fraction of sp³-hybridized carbons (Fsp3) is 0.800. The van der Waals surface area contributed by atoms with E-state index in [4.69, 9.17) is 4.74 Å². The minimum atomic E-state index is -0.680. The monoisotopic (exact) mass is 554 g/mol. The van der Waals surface area contributed by atoms with Gasteiger partial charge in [-0.1, -0.05) is 57.4 Å². The van der Waals surface area contributed by atoms with Crippen LogP contribution in [0.4, 0.5) is 0 Å². The van der Waals surface area contributed by atoms with Crippen LogP contribution in [-0.2, 0) is 19.1 Å². The molecule has 2 fully saturated rings. The van der Waals surface area contributed by atoms with Gasteiger partial charge in [-0.25, -0.2) is 0 Å². The molecule has 0 bridgehead atoms. The number of carboxylic acids is 1. The first-order chi connectivity index (χ1) is 18.5. The molecule has 0 heterocycles. The van der Waals surface area contributed by atoms with Crippen molar-refractivity contribution in [1.82, 2.24) is 0 Å². The summed E-state index contributed by atoms with van der Waals surface area (Å²) in [6, 6.07) is 0. The van der Waals surface area contributed by atoms with Crippen molar-refractivity contribution in [1.29, 1.82) is 0 Å². The summed E-state index contributed by atoms with van der Waals surface area (Å²) < 4.78 is 5.86. The Hall–Kier alpha value is -1.91. The van der Waals surface area contributed by atoms with Crippen LogP contribution in [0.2, 0.25) is 0 Å². The van der Waals surface area contributed by atoms with Crippen LogP contribution in [0.3, 0.4) is 0 Å². The van der Waals surface area contributed by atoms with E-state index in [-0.39, 0.29) is 51.4 Å². The molecule has 8 atom stereocenters. The van der Waals surface area contributed by atoms with E-state index in [1.54, 1.807) is 18.1 Å². The zero-order valence-electron chi connectivity index (χ0n) is 26.6. The fourth-order valence-electron chi connectivity index (χ4n) is 10.6. The number of Topliss-reactive ketones (excluding diaryl/α,β-unsaturated/α-hetero) is 1. The molecule has 0 aromatic rings. The van der Waals surface area contributed by atoms with Gasteiger partial charge in [0, 0.05) is 18.8 Å². The zero-order valence-corrected chi connectivity index (χ0v) is 26.6. The van der Waals surface area contributed by atoms with E-state index in [0.29, 0.717) is 18.8 Å². The maximum atomic E-state index is 12.8. The number of fused-ring (bicyclic) bond motifs is 4. The molecule has 4 aliphatic rings. The van der Waals surface area contributed by atoms with Crippen molar-refractivity contribution < 1.29 is 24.2 Å². The number of allylic oxidation sites excluding steroid dienone is 4. The molecule has 1 N–H and O–H groups in total. The van der Waals surface area contributed by atoms with Gasteiger partial charge in [0.2, 0.25) is 0 Å². The van der Waals surface area contributed by atoms with Crippen LogP contribution in [0.25, 0.3) is 0 Å². The molecule has 2 saturated carbocycles. The van der Waals surface area contributed by atoms with E-state index in [0.717, 1.165) is 51.4 Å². The summed E-state index contributed by atoms with van der Waals surface area (Å²) in [5.74, 6) is -0.420. The molecule has 0 unspecified atom stereocenters. The molecule has 4 aliphatic carbocycles. The van der Waals surface area contributed by atoms with Gasteiger partial charge in [-0.2, -0.15) is 0 Å². The van der Waals surface area contributed by atoms with Gasteiger partial charge in [-0.15, -0.1) is 0 Å². The maximum absolute atomic E-state index is 12.8. The second-order valence-electron chi connectivity index (χ2n) is 15.3. The summed E-state index contributed by atoms with van der Waals surface area (Å²) in [6.07, 6.45) is 10.8. The van der Waals surface area contributed by atoms with Crippen molar-refractivity contribution in [3.63, 3.8) is 0 Å². The number of carbonyl (C=O) groups is 3. The van der Waals surface area contributed by atoms with Crippen molar-refractivity contribution in [2.75, 3.05) is 0 Å². The number of hydrogen-bond donors (Lipinski definition) is 1. The molecule has 0 aromatic heterocycles. The van der Waals surface area contributed by atoms with E-state index < -0.39 is 11.9 Å². The van der Waals surface area contributed by atoms with Crippen molar-refractivity contribution in [2.24, 2.45) is 45.3 Å². The normalized spacial score (nSPS) is 38.9. The maximum Gasteiger partial charge on any atom is 0.306 e. The molecule has 0 spiro atoms. The molecular formula is C35H54O5. The number of rotatable bonds is 8. The van der Waals surface area contributed by atoms with E-state index in [9.17, 15) is 19.5 Å². The Balaban J connectivity index is 1.78. The van der Waals surface area contributed by atoms with Gasteiger partial charge in [-0.05, 0) is 113 Å². The average molecular weight is 555 g/mol. The van der Waals surface area contributed by atoms with E-state index >= 15 is 0 Å². The van der Waals surface area contributed by atoms with Gasteiger partial charge < -0.3 is 14.6 Å². The van der Waals surface area contributed by atoms with Crippen LogP contribution in [0.15, 0.2) is 22.8 Å². The van der Waals surface area contributed by atoms with E-state index in [2.05, 4.69) is 54.5 Å². The molecule has 4 rings (SSSR count). The summed E-state index contributed by atoms with van der Waals surface area (Å²) in [7, 11) is 0. The summed E-state index contributed by atoms with van der Waals surface area (Å²) in [5.41, 5.74) is 3.93. The molecule has 224 valence electrons. The van der Waals surface area contributed by atoms with Gasteiger partial charge >= 0.3 is 11.9 Å². The number of esters is 1. The lowest BCUT2D eigenvalue weighted by atomic mass is 9.42. The topological polar surface area (TPSA) is 80.7 Å². The van der Waals surface area contributed by atoms with Crippen LogP contribution in [0, 0.1) is 45.3 Å². The number of carboxylic acid groups (broad SMARTS) is 1. The molecular weight excluding hydrogens is 500 g/mol. The third-order valence-corrected chi connectivity index (χ3v) is 12.7. The first-order valence-corrected chi connectivity index (χ1v) is 15.8. The highest BCUT2D eigenvalue weighted by Crippen LogP contribution is 2.74. The number of ether oxygens (including phenoxy) is 1. The van der Waals surface area contributed by atoms with Crippen LogP contribution in [0.1, 0.15) is 127 Å². The van der Waals surface area contributed by atoms with Crippen LogP contribution >= 0.6 is 0 Å². The molecule has 5 nitrogen and oxygen atoms in total. The molecule has 40 heavy (non-hydrogen) atoms. The SMILES string of the molecule is CC(=O)C[C@H]1C[C@H]([C@@H](CCC=C(C)C)C(=O)O)[C@@]2(C)CCC3=C(CC[C@H]4C(C)(C)[C@@H](OC(C)=O)CC[C@]34C)[C@]12C. The van der Waals surface area contributed by atoms with E-state index in [1.165, 1.54) is 12.5 Å². The highest BCUT2D eigenvalue weighted by molar-refractivity contribution is 5.76. The summed E-state index contributed by atoms with van der Waals surface area (Å²) in [4.78, 5) is 37.4. The Morgan fingerprint density at radius 1 is 0.975 bits per heavy atom. The van der Waals surface area contributed by atoms with Gasteiger partial charge in [0.1, 0.15) is 11.9 Å². The Morgan fingerprint density at radius 3 is 2.23 bits per heavy atom. The molecule has 0 aliphatic heterocycles. The number of aliphatic carboxylic acids is 1. The van der Waals surface area contributed by atoms with Gasteiger partial charge in [0.05, 0.1) is 5.92 Å². The smallest absolute Gasteiger partial charge is 0.306 e. The fourth-order valence-corrected chi connectivity index (χ4v) is 10.6. The molecule has 0 radical (unpaired) electrons. The summed E-state index contributed by atoms with van der Waals surface area (Å²) >= 11 is 0. The predicted molar refractivity (Wildman–Crippen MR) is 159 cm³/mol. The largest absolute Gasteiger partial charge is 0.481 e. The summed E-state index contributed by atoms with van der Waals surface area (Å²) in [6.45, 7) is 19.2. The molecule has 0 aromatic carbocycles. The van der Waals surface area contributed by atoms with Crippen molar-refractivity contribution >= 4 is 17.7 Å². The van der Waals surface area contributed by atoms with Crippen molar-refractivity contribution in [3.8, 4) is 0 Å². The van der Waals surface area contributed by atoms with Gasteiger partial charge in [0.15, 0.2) is 0 Å². The zero-order chi connectivity index (χ0) is 29.8. The molecule has 0 amide bonds. The first kappa shape index (κ1) is 31.0. The van der Waals surface area contributed by atoms with E-state index in [1.807, 2.05) is 0 Å². The quantitative estimate of drug-likeness (QED) is 0.241. The standard InChI is InChI=1S/C35H54O5/c1-21(2)11-10-12-25(31(38)39)28-20-24(19-22(3)36)35(9)27-13-14-29-32(5,6)30(40-23(4)37)16-17-33(29,7)26(27)15-18-34(28,35)8/h11,24-25,28-30H,10,12-20H2,1-9H3,(H,38,39)/t24-,25+,28+,29-,30-,33+,34+,35-/m0/s1. The highest BCUT2D eigenvalue weighted by Gasteiger charge is 2.67. The predicted octanol–water partition coefficient (Wildman–Crippen LogP) is 8.32. The average Bonchev–Trinajstić information content (AvgIpc) is 3.05. The Kier molecular flexibility index (Phi) is 8.33. The molecule has 0 saturated heterocycles. The Morgan fingerprint density at radius 2 is 1.65 bits per heavy atom. The first-order valence-electron chi connectivity index (χ1n) is 15.8. The highest BCUT2D eigenvalue weighted by atomic mass is 16.5. The lowest BCUT2D eigenvalue weighted by Gasteiger charge is -2.63. The van der Waals surface area contributed by atoms with Crippen LogP contribution < -0.4 is 0 Å². The lowest BCUT2D eigenvalue weighted by molar-refractivity contribution is -0.167. The summed E-state index contributed by atoms with van der Waals surface area (Å²) in [5, 5.41) is 10.5. The third-order valence-electron chi connectivity index (χ3n) is 12.7. The number of hydrogen-bond acceptors (Lipinski definition) is 4. The number of carbonyl (C=O) groups excluding carboxylic acids is 2. The van der Waals surface area contributed by atoms with Crippen LogP contribution in [-0.4, -0.2) is 28.9 Å². The molecule has 5 heteroatoms. The van der Waals surface area contributed by atoms with Gasteiger partial charge in [0.25, 0.3) is 0 Å². The van der Waals surface area contributed by atoms with Crippen LogP contribution in [0.5, 0.6) is 0 Å². The van der Waals surface area contributed by atoms with Crippen molar-refractivity contribution in [2.45, 2.75) is 133 Å². The minimum absolute atomic E-state index is 0.0343. The lowest BCUT2D eigenvalue weighted by Crippen LogP contribution is -2.56.